The van der Waals surface area contributed by atoms with Crippen molar-refractivity contribution in [2.24, 2.45) is 5.73 Å². The van der Waals surface area contributed by atoms with Crippen molar-refractivity contribution in [3.63, 3.8) is 0 Å². The summed E-state index contributed by atoms with van der Waals surface area (Å²) in [5, 5.41) is 1.26. The molecule has 3 rings (SSSR count). The highest BCUT2D eigenvalue weighted by Gasteiger charge is 2.06. The molecule has 0 amide bonds. The molecule has 2 nitrogen and oxygen atoms in total. The first-order chi connectivity index (χ1) is 9.81. The maximum atomic E-state index is 5.85. The molecule has 2 N–H and O–H groups in total. The molecular formula is C18H20N2. The van der Waals surface area contributed by atoms with Crippen LogP contribution in [0.4, 0.5) is 0 Å². The summed E-state index contributed by atoms with van der Waals surface area (Å²) in [6.07, 6.45) is 3.27. The number of benzene rings is 2. The van der Waals surface area contributed by atoms with Crippen LogP contribution in [0.15, 0.2) is 54.7 Å². The standard InChI is InChI=1S/C18H20N2/c1-2-14-7-9-15(10-8-14)12-20-13-16(11-19)17-5-3-4-6-18(17)20/h3-10,13H,2,11-12,19H2,1H3. The highest BCUT2D eigenvalue weighted by molar-refractivity contribution is 5.84. The summed E-state index contributed by atoms with van der Waals surface area (Å²) in [6.45, 7) is 3.66. The van der Waals surface area contributed by atoms with E-state index in [-0.39, 0.29) is 0 Å². The number of nitrogens with two attached hydrogens (primary N) is 1. The number of aryl methyl sites for hydroxylation is 1. The Hall–Kier alpha value is -2.06. The average molecular weight is 264 g/mol. The Labute approximate surface area is 119 Å². The molecule has 2 heteroatoms. The van der Waals surface area contributed by atoms with Gasteiger partial charge in [-0.2, -0.15) is 0 Å². The molecule has 102 valence electrons. The van der Waals surface area contributed by atoms with Crippen LogP contribution in [0, 0.1) is 0 Å². The van der Waals surface area contributed by atoms with Gasteiger partial charge in [-0.1, -0.05) is 49.4 Å². The molecule has 20 heavy (non-hydrogen) atoms. The van der Waals surface area contributed by atoms with Gasteiger partial charge in [0.05, 0.1) is 0 Å². The van der Waals surface area contributed by atoms with E-state index in [2.05, 4.69) is 66.2 Å². The van der Waals surface area contributed by atoms with Crippen molar-refractivity contribution in [3.05, 3.63) is 71.4 Å². The lowest BCUT2D eigenvalue weighted by Gasteiger charge is -2.06. The van der Waals surface area contributed by atoms with E-state index < -0.39 is 0 Å². The van der Waals surface area contributed by atoms with Crippen LogP contribution in [-0.4, -0.2) is 4.57 Å². The van der Waals surface area contributed by atoms with E-state index >= 15 is 0 Å². The van der Waals surface area contributed by atoms with E-state index in [9.17, 15) is 0 Å². The summed E-state index contributed by atoms with van der Waals surface area (Å²) in [5.41, 5.74) is 11.0. The van der Waals surface area contributed by atoms with Crippen LogP contribution in [0.2, 0.25) is 0 Å². The Balaban J connectivity index is 1.97. The highest BCUT2D eigenvalue weighted by atomic mass is 15.0. The Kier molecular flexibility index (Phi) is 3.57. The lowest BCUT2D eigenvalue weighted by atomic mass is 10.1. The van der Waals surface area contributed by atoms with E-state index in [1.165, 1.54) is 27.6 Å². The van der Waals surface area contributed by atoms with Gasteiger partial charge < -0.3 is 10.3 Å². The Morgan fingerprint density at radius 1 is 0.950 bits per heavy atom. The molecule has 2 aromatic carbocycles. The first-order valence-electron chi connectivity index (χ1n) is 7.16. The van der Waals surface area contributed by atoms with Crippen molar-refractivity contribution in [3.8, 4) is 0 Å². The van der Waals surface area contributed by atoms with Gasteiger partial charge in [-0.05, 0) is 29.2 Å². The van der Waals surface area contributed by atoms with Crippen LogP contribution in [0.3, 0.4) is 0 Å². The fraction of sp³-hybridized carbons (Fsp3) is 0.222. The molecule has 0 aliphatic rings. The van der Waals surface area contributed by atoms with Gasteiger partial charge >= 0.3 is 0 Å². The molecule has 0 bridgehead atoms. The Morgan fingerprint density at radius 2 is 1.65 bits per heavy atom. The second-order valence-corrected chi connectivity index (χ2v) is 5.17. The largest absolute Gasteiger partial charge is 0.343 e. The molecule has 0 radical (unpaired) electrons. The number of para-hydroxylation sites is 1. The van der Waals surface area contributed by atoms with Crippen molar-refractivity contribution >= 4 is 10.9 Å². The molecule has 0 saturated carbocycles. The summed E-state index contributed by atoms with van der Waals surface area (Å²) >= 11 is 0. The van der Waals surface area contributed by atoms with Crippen molar-refractivity contribution in [1.29, 1.82) is 0 Å². The third-order valence-corrected chi connectivity index (χ3v) is 3.88. The zero-order valence-corrected chi connectivity index (χ0v) is 11.8. The van der Waals surface area contributed by atoms with Crippen LogP contribution < -0.4 is 5.73 Å². The van der Waals surface area contributed by atoms with Crippen molar-refractivity contribution in [2.75, 3.05) is 0 Å². The SMILES string of the molecule is CCc1ccc(Cn2cc(CN)c3ccccc32)cc1. The predicted molar refractivity (Wildman–Crippen MR) is 84.8 cm³/mol. The van der Waals surface area contributed by atoms with Crippen LogP contribution in [-0.2, 0) is 19.5 Å². The summed E-state index contributed by atoms with van der Waals surface area (Å²) in [4.78, 5) is 0. The minimum atomic E-state index is 0.586. The number of rotatable bonds is 4. The Morgan fingerprint density at radius 3 is 2.35 bits per heavy atom. The maximum absolute atomic E-state index is 5.85. The summed E-state index contributed by atoms with van der Waals surface area (Å²) in [5.74, 6) is 0. The predicted octanol–water partition coefficient (Wildman–Crippen LogP) is 3.71. The third-order valence-electron chi connectivity index (χ3n) is 3.88. The number of hydrogen-bond acceptors (Lipinski definition) is 1. The first kappa shape index (κ1) is 12.9. The summed E-state index contributed by atoms with van der Waals surface area (Å²) < 4.78 is 2.29. The first-order valence-corrected chi connectivity index (χ1v) is 7.16. The van der Waals surface area contributed by atoms with Gasteiger partial charge in [-0.25, -0.2) is 0 Å². The van der Waals surface area contributed by atoms with Crippen LogP contribution >= 0.6 is 0 Å². The smallest absolute Gasteiger partial charge is 0.0486 e. The lowest BCUT2D eigenvalue weighted by molar-refractivity contribution is 0.828. The number of fused-ring (bicyclic) bond motifs is 1. The maximum Gasteiger partial charge on any atom is 0.0486 e. The molecule has 0 unspecified atom stereocenters. The lowest BCUT2D eigenvalue weighted by Crippen LogP contribution is -1.99. The topological polar surface area (TPSA) is 30.9 Å². The number of nitrogens with zero attached hydrogens (tertiary/aromatic N) is 1. The van der Waals surface area contributed by atoms with E-state index in [1.807, 2.05) is 0 Å². The molecule has 0 aliphatic heterocycles. The minimum absolute atomic E-state index is 0.586. The van der Waals surface area contributed by atoms with Gasteiger partial charge in [0.15, 0.2) is 0 Å². The molecule has 1 heterocycles. The molecule has 0 aliphatic carbocycles. The van der Waals surface area contributed by atoms with E-state index in [4.69, 9.17) is 5.73 Å². The van der Waals surface area contributed by atoms with E-state index in [0.29, 0.717) is 6.54 Å². The minimum Gasteiger partial charge on any atom is -0.343 e. The van der Waals surface area contributed by atoms with Crippen LogP contribution in [0.25, 0.3) is 10.9 Å². The van der Waals surface area contributed by atoms with Gasteiger partial charge in [0.2, 0.25) is 0 Å². The third kappa shape index (κ3) is 2.35. The normalized spacial score (nSPS) is 11.1. The van der Waals surface area contributed by atoms with Gasteiger partial charge in [0.25, 0.3) is 0 Å². The number of aromatic nitrogens is 1. The zero-order valence-electron chi connectivity index (χ0n) is 11.8. The van der Waals surface area contributed by atoms with E-state index in [1.54, 1.807) is 0 Å². The fourth-order valence-electron chi connectivity index (χ4n) is 2.69. The van der Waals surface area contributed by atoms with Crippen LogP contribution in [0.5, 0.6) is 0 Å². The summed E-state index contributed by atoms with van der Waals surface area (Å²) in [6, 6.07) is 17.3. The van der Waals surface area contributed by atoms with Gasteiger partial charge in [-0.3, -0.25) is 0 Å². The van der Waals surface area contributed by atoms with Crippen molar-refractivity contribution in [2.45, 2.75) is 26.4 Å². The zero-order chi connectivity index (χ0) is 13.9. The summed E-state index contributed by atoms with van der Waals surface area (Å²) in [7, 11) is 0. The average Bonchev–Trinajstić information content (AvgIpc) is 2.86. The number of hydrogen-bond donors (Lipinski definition) is 1. The molecule has 0 saturated heterocycles. The van der Waals surface area contributed by atoms with Crippen molar-refractivity contribution in [1.82, 2.24) is 4.57 Å². The monoisotopic (exact) mass is 264 g/mol. The Bertz CT molecular complexity index is 708. The molecule has 0 spiro atoms. The van der Waals surface area contributed by atoms with E-state index in [0.717, 1.165) is 13.0 Å². The second kappa shape index (κ2) is 5.51. The van der Waals surface area contributed by atoms with Gasteiger partial charge in [-0.15, -0.1) is 0 Å². The molecular weight excluding hydrogens is 244 g/mol. The van der Waals surface area contributed by atoms with Gasteiger partial charge in [0.1, 0.15) is 0 Å². The fourth-order valence-corrected chi connectivity index (χ4v) is 2.69. The molecule has 0 atom stereocenters. The molecule has 3 aromatic rings. The molecule has 1 aromatic heterocycles. The van der Waals surface area contributed by atoms with Crippen LogP contribution in [0.1, 0.15) is 23.6 Å². The quantitative estimate of drug-likeness (QED) is 0.765. The molecule has 0 fully saturated rings. The van der Waals surface area contributed by atoms with Gasteiger partial charge in [0, 0.05) is 30.2 Å². The second-order valence-electron chi connectivity index (χ2n) is 5.17. The highest BCUT2D eigenvalue weighted by Crippen LogP contribution is 2.22. The van der Waals surface area contributed by atoms with Crippen molar-refractivity contribution < 1.29 is 0 Å².